The number of hydrogen-bond donors (Lipinski definition) is 1. The zero-order chi connectivity index (χ0) is 14.8. The van der Waals surface area contributed by atoms with Gasteiger partial charge in [0, 0.05) is 25.8 Å². The number of nitrogens with one attached hydrogen (secondary N) is 1. The maximum absolute atomic E-state index is 5.82. The summed E-state index contributed by atoms with van der Waals surface area (Å²) in [6.07, 6.45) is 6.54. The summed E-state index contributed by atoms with van der Waals surface area (Å²) in [5.74, 6) is 1.93. The molecule has 0 radical (unpaired) electrons. The van der Waals surface area contributed by atoms with Crippen LogP contribution in [0, 0.1) is 5.92 Å². The second-order valence-electron chi connectivity index (χ2n) is 6.70. The lowest BCUT2D eigenvalue weighted by molar-refractivity contribution is 0.0285. The van der Waals surface area contributed by atoms with Crippen LogP contribution >= 0.6 is 0 Å². The first-order valence-corrected chi connectivity index (χ1v) is 8.33. The van der Waals surface area contributed by atoms with Crippen LogP contribution in [0.25, 0.3) is 0 Å². The van der Waals surface area contributed by atoms with E-state index in [4.69, 9.17) is 14.7 Å². The van der Waals surface area contributed by atoms with Crippen molar-refractivity contribution in [2.75, 3.05) is 7.11 Å². The Bertz CT molecular complexity index is 495. The van der Waals surface area contributed by atoms with Crippen LogP contribution in [0.4, 0.5) is 0 Å². The van der Waals surface area contributed by atoms with Crippen LogP contribution in [0.1, 0.15) is 80.7 Å². The van der Waals surface area contributed by atoms with Crippen LogP contribution < -0.4 is 5.32 Å². The molecule has 1 aromatic heterocycles. The first-order valence-electron chi connectivity index (χ1n) is 8.33. The van der Waals surface area contributed by atoms with E-state index >= 15 is 0 Å². The summed E-state index contributed by atoms with van der Waals surface area (Å²) < 4.78 is 5.82. The molecule has 21 heavy (non-hydrogen) atoms. The fraction of sp³-hybridized carbons (Fsp3) is 0.765. The Kier molecular flexibility index (Phi) is 4.55. The smallest absolute Gasteiger partial charge is 0.157 e. The maximum Gasteiger partial charge on any atom is 0.157 e. The Hall–Kier alpha value is -1.00. The highest BCUT2D eigenvalue weighted by Gasteiger charge is 2.30. The molecule has 1 fully saturated rings. The fourth-order valence-corrected chi connectivity index (χ4v) is 3.76. The van der Waals surface area contributed by atoms with Crippen molar-refractivity contribution in [1.82, 2.24) is 15.3 Å². The van der Waals surface area contributed by atoms with Gasteiger partial charge in [-0.3, -0.25) is 0 Å². The molecule has 116 valence electrons. The Morgan fingerprint density at radius 1 is 1.10 bits per heavy atom. The highest BCUT2D eigenvalue weighted by molar-refractivity contribution is 5.31. The number of fused-ring (bicyclic) bond motifs is 1. The van der Waals surface area contributed by atoms with Gasteiger partial charge in [0.25, 0.3) is 0 Å². The van der Waals surface area contributed by atoms with Crippen LogP contribution in [0.5, 0.6) is 0 Å². The summed E-state index contributed by atoms with van der Waals surface area (Å²) in [5.41, 5.74) is 3.70. The predicted octanol–water partition coefficient (Wildman–Crippen LogP) is 3.47. The number of hydrogen-bond acceptors (Lipinski definition) is 4. The molecule has 2 heterocycles. The summed E-state index contributed by atoms with van der Waals surface area (Å²) in [6.45, 7) is 6.20. The third kappa shape index (κ3) is 2.97. The molecule has 1 aliphatic carbocycles. The highest BCUT2D eigenvalue weighted by Crippen LogP contribution is 2.36. The molecule has 4 heteroatoms. The lowest BCUT2D eigenvalue weighted by Crippen LogP contribution is -2.21. The van der Waals surface area contributed by atoms with Crippen molar-refractivity contribution in [1.29, 1.82) is 0 Å². The van der Waals surface area contributed by atoms with Crippen LogP contribution in [0.2, 0.25) is 0 Å². The van der Waals surface area contributed by atoms with Crippen LogP contribution in [-0.2, 0) is 17.8 Å². The van der Waals surface area contributed by atoms with Gasteiger partial charge in [-0.25, -0.2) is 9.97 Å². The standard InChI is InChI=1S/C17H27N3O/c1-11(2)15-13-9-18-10-14(13)19-17(20-15)16(21-3)12-7-5-4-6-8-12/h11-12,16,18H,4-10H2,1-3H3. The molecule has 0 amide bonds. The Morgan fingerprint density at radius 3 is 2.52 bits per heavy atom. The number of ether oxygens (including phenoxy) is 1. The van der Waals surface area contributed by atoms with Gasteiger partial charge in [-0.2, -0.15) is 0 Å². The van der Waals surface area contributed by atoms with E-state index in [2.05, 4.69) is 19.2 Å². The predicted molar refractivity (Wildman–Crippen MR) is 83.0 cm³/mol. The third-order valence-electron chi connectivity index (χ3n) is 4.87. The van der Waals surface area contributed by atoms with E-state index in [0.29, 0.717) is 11.8 Å². The first-order chi connectivity index (χ1) is 10.2. The van der Waals surface area contributed by atoms with Crippen molar-refractivity contribution in [2.45, 2.75) is 71.1 Å². The minimum absolute atomic E-state index is 0.0636. The van der Waals surface area contributed by atoms with Gasteiger partial charge in [0.05, 0.1) is 11.4 Å². The van der Waals surface area contributed by atoms with Crippen molar-refractivity contribution in [3.05, 3.63) is 22.8 Å². The average molecular weight is 289 g/mol. The zero-order valence-corrected chi connectivity index (χ0v) is 13.5. The van der Waals surface area contributed by atoms with Crippen molar-refractivity contribution < 1.29 is 4.74 Å². The Morgan fingerprint density at radius 2 is 1.86 bits per heavy atom. The summed E-state index contributed by atoms with van der Waals surface area (Å²) in [4.78, 5) is 9.76. The molecule has 2 aliphatic rings. The average Bonchev–Trinajstić information content (AvgIpc) is 2.96. The molecule has 1 aromatic rings. The molecule has 0 aromatic carbocycles. The van der Waals surface area contributed by atoms with E-state index < -0.39 is 0 Å². The van der Waals surface area contributed by atoms with Crippen molar-refractivity contribution in [3.63, 3.8) is 0 Å². The van der Waals surface area contributed by atoms with Crippen molar-refractivity contribution in [2.24, 2.45) is 5.92 Å². The topological polar surface area (TPSA) is 47.0 Å². The van der Waals surface area contributed by atoms with Crippen molar-refractivity contribution >= 4 is 0 Å². The van der Waals surface area contributed by atoms with Gasteiger partial charge >= 0.3 is 0 Å². The molecule has 1 saturated carbocycles. The van der Waals surface area contributed by atoms with Gasteiger partial charge in [0.2, 0.25) is 0 Å². The highest BCUT2D eigenvalue weighted by atomic mass is 16.5. The monoisotopic (exact) mass is 289 g/mol. The van der Waals surface area contributed by atoms with E-state index in [1.54, 1.807) is 0 Å². The molecule has 0 bridgehead atoms. The quantitative estimate of drug-likeness (QED) is 0.922. The second kappa shape index (κ2) is 6.41. The minimum Gasteiger partial charge on any atom is -0.373 e. The fourth-order valence-electron chi connectivity index (χ4n) is 3.76. The van der Waals surface area contributed by atoms with Gasteiger partial charge in [-0.15, -0.1) is 0 Å². The Balaban J connectivity index is 1.94. The normalized spacial score (nSPS) is 20.8. The summed E-state index contributed by atoms with van der Waals surface area (Å²) in [5, 5.41) is 3.40. The summed E-state index contributed by atoms with van der Waals surface area (Å²) >= 11 is 0. The summed E-state index contributed by atoms with van der Waals surface area (Å²) in [7, 11) is 1.81. The number of aromatic nitrogens is 2. The maximum atomic E-state index is 5.82. The van der Waals surface area contributed by atoms with Crippen LogP contribution in [0.15, 0.2) is 0 Å². The molecule has 1 atom stereocenters. The molecule has 1 aliphatic heterocycles. The molecule has 3 rings (SSSR count). The van der Waals surface area contributed by atoms with E-state index in [1.165, 1.54) is 49.1 Å². The Labute approximate surface area is 127 Å². The second-order valence-corrected chi connectivity index (χ2v) is 6.70. The number of methoxy groups -OCH3 is 1. The molecule has 0 saturated heterocycles. The third-order valence-corrected chi connectivity index (χ3v) is 4.87. The van der Waals surface area contributed by atoms with E-state index in [9.17, 15) is 0 Å². The van der Waals surface area contributed by atoms with Gasteiger partial charge in [-0.05, 0) is 24.7 Å². The molecular weight excluding hydrogens is 262 g/mol. The van der Waals surface area contributed by atoms with Gasteiger partial charge in [-0.1, -0.05) is 33.1 Å². The molecule has 1 unspecified atom stereocenters. The SMILES string of the molecule is COC(c1nc2c(c(C(C)C)n1)CNC2)C1CCCCC1. The minimum atomic E-state index is 0.0636. The van der Waals surface area contributed by atoms with E-state index in [0.717, 1.165) is 18.9 Å². The van der Waals surface area contributed by atoms with Crippen LogP contribution in [-0.4, -0.2) is 17.1 Å². The van der Waals surface area contributed by atoms with Crippen molar-refractivity contribution in [3.8, 4) is 0 Å². The lowest BCUT2D eigenvalue weighted by Gasteiger charge is -2.29. The van der Waals surface area contributed by atoms with Gasteiger partial charge in [0.1, 0.15) is 6.10 Å². The summed E-state index contributed by atoms with van der Waals surface area (Å²) in [6, 6.07) is 0. The molecule has 1 N–H and O–H groups in total. The molecule has 0 spiro atoms. The molecular formula is C17H27N3O. The zero-order valence-electron chi connectivity index (χ0n) is 13.5. The lowest BCUT2D eigenvalue weighted by atomic mass is 9.84. The van der Waals surface area contributed by atoms with Gasteiger partial charge < -0.3 is 10.1 Å². The molecule has 4 nitrogen and oxygen atoms in total. The number of rotatable bonds is 4. The van der Waals surface area contributed by atoms with E-state index in [-0.39, 0.29) is 6.10 Å². The van der Waals surface area contributed by atoms with Crippen LogP contribution in [0.3, 0.4) is 0 Å². The number of nitrogens with zero attached hydrogens (tertiary/aromatic N) is 2. The largest absolute Gasteiger partial charge is 0.373 e. The van der Waals surface area contributed by atoms with E-state index in [1.807, 2.05) is 7.11 Å². The first kappa shape index (κ1) is 14.9. The van der Waals surface area contributed by atoms with Gasteiger partial charge in [0.15, 0.2) is 5.82 Å².